The van der Waals surface area contributed by atoms with Crippen molar-refractivity contribution in [3.05, 3.63) is 69.9 Å². The Morgan fingerprint density at radius 3 is 2.79 bits per heavy atom. The SMILES string of the molecule is CON(C)C(=O)C1C[C@H]2CSC(NC(=O)c3ccccc3)=N[C@@]2(c2cc(Br)ccc2F)CO1. The summed E-state index contributed by atoms with van der Waals surface area (Å²) in [6.07, 6.45) is -0.380. The second-order valence-electron chi connectivity index (χ2n) is 7.85. The molecule has 2 aromatic carbocycles. The third-order valence-electron chi connectivity index (χ3n) is 5.91. The second kappa shape index (κ2) is 9.92. The number of hydrogen-bond donors (Lipinski definition) is 1. The van der Waals surface area contributed by atoms with Gasteiger partial charge < -0.3 is 10.1 Å². The molecule has 1 unspecified atom stereocenters. The minimum absolute atomic E-state index is 0.00965. The van der Waals surface area contributed by atoms with Crippen molar-refractivity contribution in [3.63, 3.8) is 0 Å². The van der Waals surface area contributed by atoms with Crippen LogP contribution in [0.4, 0.5) is 4.39 Å². The zero-order chi connectivity index (χ0) is 23.6. The van der Waals surface area contributed by atoms with Gasteiger partial charge in [0.1, 0.15) is 17.5 Å². The van der Waals surface area contributed by atoms with Gasteiger partial charge in [-0.2, -0.15) is 0 Å². The van der Waals surface area contributed by atoms with Crippen LogP contribution in [0, 0.1) is 11.7 Å². The normalized spacial score (nSPS) is 24.4. The summed E-state index contributed by atoms with van der Waals surface area (Å²) in [5.74, 6) is -0.690. The molecule has 2 aliphatic heterocycles. The summed E-state index contributed by atoms with van der Waals surface area (Å²) in [6, 6.07) is 13.5. The molecule has 2 aromatic rings. The van der Waals surface area contributed by atoms with Crippen LogP contribution in [0.5, 0.6) is 0 Å². The molecule has 0 saturated carbocycles. The first-order chi connectivity index (χ1) is 15.8. The van der Waals surface area contributed by atoms with Crippen LogP contribution in [-0.2, 0) is 19.9 Å². The lowest BCUT2D eigenvalue weighted by Crippen LogP contribution is -2.54. The van der Waals surface area contributed by atoms with Crippen molar-refractivity contribution in [1.29, 1.82) is 0 Å². The molecule has 2 amide bonds. The van der Waals surface area contributed by atoms with Gasteiger partial charge in [0.05, 0.1) is 13.7 Å². The molecule has 4 rings (SSSR count). The molecule has 0 aliphatic carbocycles. The minimum Gasteiger partial charge on any atom is -0.365 e. The van der Waals surface area contributed by atoms with Crippen molar-refractivity contribution < 1.29 is 23.6 Å². The van der Waals surface area contributed by atoms with Gasteiger partial charge in [0, 0.05) is 34.3 Å². The lowest BCUT2D eigenvalue weighted by Gasteiger charge is -2.46. The average Bonchev–Trinajstić information content (AvgIpc) is 2.84. The monoisotopic (exact) mass is 535 g/mol. The summed E-state index contributed by atoms with van der Waals surface area (Å²) in [4.78, 5) is 35.2. The Labute approximate surface area is 203 Å². The first-order valence-electron chi connectivity index (χ1n) is 10.3. The van der Waals surface area contributed by atoms with E-state index in [1.54, 1.807) is 36.4 Å². The number of amides is 2. The van der Waals surface area contributed by atoms with E-state index in [2.05, 4.69) is 21.2 Å². The van der Waals surface area contributed by atoms with Crippen LogP contribution in [-0.4, -0.2) is 54.7 Å². The van der Waals surface area contributed by atoms with Gasteiger partial charge in [0.25, 0.3) is 11.8 Å². The highest BCUT2D eigenvalue weighted by Crippen LogP contribution is 2.47. The van der Waals surface area contributed by atoms with Gasteiger partial charge in [-0.05, 0) is 36.8 Å². The lowest BCUT2D eigenvalue weighted by molar-refractivity contribution is -0.187. The predicted molar refractivity (Wildman–Crippen MR) is 127 cm³/mol. The number of ether oxygens (including phenoxy) is 1. The van der Waals surface area contributed by atoms with Crippen molar-refractivity contribution in [3.8, 4) is 0 Å². The fourth-order valence-electron chi connectivity index (χ4n) is 4.06. The average molecular weight is 536 g/mol. The molecule has 0 spiro atoms. The lowest BCUT2D eigenvalue weighted by atomic mass is 9.75. The van der Waals surface area contributed by atoms with Crippen LogP contribution < -0.4 is 5.32 Å². The number of likely N-dealkylation sites (N-methyl/N-ethyl adjacent to an activating group) is 1. The molecule has 10 heteroatoms. The zero-order valence-electron chi connectivity index (χ0n) is 18.1. The molecule has 0 radical (unpaired) electrons. The van der Waals surface area contributed by atoms with Crippen LogP contribution in [0.15, 0.2) is 58.0 Å². The molecular weight excluding hydrogens is 513 g/mol. The highest BCUT2D eigenvalue weighted by molar-refractivity contribution is 9.10. The Morgan fingerprint density at radius 2 is 2.06 bits per heavy atom. The zero-order valence-corrected chi connectivity index (χ0v) is 20.5. The van der Waals surface area contributed by atoms with Crippen molar-refractivity contribution in [1.82, 2.24) is 10.4 Å². The summed E-state index contributed by atoms with van der Waals surface area (Å²) in [6.45, 7) is -0.00965. The number of amidine groups is 1. The fraction of sp³-hybridized carbons (Fsp3) is 0.348. The molecule has 1 N–H and O–H groups in total. The molecule has 1 saturated heterocycles. The fourth-order valence-corrected chi connectivity index (χ4v) is 5.59. The molecule has 0 bridgehead atoms. The summed E-state index contributed by atoms with van der Waals surface area (Å²) in [5.41, 5.74) is -0.223. The first kappa shape index (κ1) is 23.9. The Bertz CT molecular complexity index is 1090. The van der Waals surface area contributed by atoms with Gasteiger partial charge in [-0.1, -0.05) is 45.9 Å². The van der Waals surface area contributed by atoms with Crippen LogP contribution in [0.3, 0.4) is 0 Å². The number of nitrogens with one attached hydrogen (secondary N) is 1. The van der Waals surface area contributed by atoms with Gasteiger partial charge in [-0.15, -0.1) is 0 Å². The van der Waals surface area contributed by atoms with E-state index in [0.717, 1.165) is 5.06 Å². The van der Waals surface area contributed by atoms with Gasteiger partial charge in [-0.3, -0.25) is 14.4 Å². The first-order valence-corrected chi connectivity index (χ1v) is 12.1. The Morgan fingerprint density at radius 1 is 1.30 bits per heavy atom. The molecule has 7 nitrogen and oxygen atoms in total. The topological polar surface area (TPSA) is 80.2 Å². The van der Waals surface area contributed by atoms with Crippen molar-refractivity contribution >= 4 is 44.7 Å². The predicted octanol–water partition coefficient (Wildman–Crippen LogP) is 3.74. The number of fused-ring (bicyclic) bond motifs is 1. The van der Waals surface area contributed by atoms with E-state index in [1.165, 1.54) is 32.0 Å². The number of carbonyl (C=O) groups excluding carboxylic acids is 2. The smallest absolute Gasteiger partial charge is 0.274 e. The number of carbonyl (C=O) groups is 2. The maximum absolute atomic E-state index is 15.1. The van der Waals surface area contributed by atoms with E-state index in [4.69, 9.17) is 14.6 Å². The summed E-state index contributed by atoms with van der Waals surface area (Å²) < 4.78 is 21.7. The summed E-state index contributed by atoms with van der Waals surface area (Å²) in [7, 11) is 2.93. The van der Waals surface area contributed by atoms with Crippen molar-refractivity contribution in [2.24, 2.45) is 10.9 Å². The van der Waals surface area contributed by atoms with Crippen molar-refractivity contribution in [2.75, 3.05) is 26.5 Å². The Kier molecular flexibility index (Phi) is 7.18. The van der Waals surface area contributed by atoms with E-state index >= 15 is 4.39 Å². The number of hydrogen-bond acceptors (Lipinski definition) is 6. The number of aliphatic imine (C=N–C) groups is 1. The van der Waals surface area contributed by atoms with Crippen LogP contribution in [0.25, 0.3) is 0 Å². The van der Waals surface area contributed by atoms with E-state index in [1.807, 2.05) is 6.07 Å². The third kappa shape index (κ3) is 4.84. The van der Waals surface area contributed by atoms with E-state index < -0.39 is 17.5 Å². The standard InChI is InChI=1S/C23H23BrFN3O4S/c1-28(31-2)21(30)19-10-15-12-33-22(26-20(29)14-6-4-3-5-7-14)27-23(15,13-32-19)17-11-16(24)8-9-18(17)25/h3-9,11,15,19H,10,12-13H2,1-2H3,(H,26,27,29)/t15-,19?,23-/m0/s1. The number of hydroxylamine groups is 2. The van der Waals surface area contributed by atoms with Crippen LogP contribution in [0.1, 0.15) is 22.3 Å². The maximum atomic E-state index is 15.1. The van der Waals surface area contributed by atoms with E-state index in [0.29, 0.717) is 32.9 Å². The molecular formula is C23H23BrFN3O4S. The Hall–Kier alpha value is -2.27. The minimum atomic E-state index is -1.08. The second-order valence-corrected chi connectivity index (χ2v) is 9.77. The number of halogens is 2. The van der Waals surface area contributed by atoms with Crippen LogP contribution in [0.2, 0.25) is 0 Å². The van der Waals surface area contributed by atoms with E-state index in [-0.39, 0.29) is 24.3 Å². The summed E-state index contributed by atoms with van der Waals surface area (Å²) >= 11 is 4.79. The maximum Gasteiger partial charge on any atom is 0.274 e. The molecule has 0 aromatic heterocycles. The van der Waals surface area contributed by atoms with Gasteiger partial charge in [0.2, 0.25) is 0 Å². The van der Waals surface area contributed by atoms with Crippen LogP contribution >= 0.6 is 27.7 Å². The summed E-state index contributed by atoms with van der Waals surface area (Å²) in [5, 5.41) is 4.36. The highest BCUT2D eigenvalue weighted by atomic mass is 79.9. The molecule has 33 heavy (non-hydrogen) atoms. The molecule has 3 atom stereocenters. The molecule has 174 valence electrons. The molecule has 2 aliphatic rings. The quantitative estimate of drug-likeness (QED) is 0.603. The molecule has 1 fully saturated rings. The highest BCUT2D eigenvalue weighted by Gasteiger charge is 2.51. The van der Waals surface area contributed by atoms with E-state index in [9.17, 15) is 9.59 Å². The van der Waals surface area contributed by atoms with Gasteiger partial charge >= 0.3 is 0 Å². The third-order valence-corrected chi connectivity index (χ3v) is 7.44. The number of benzene rings is 2. The van der Waals surface area contributed by atoms with Gasteiger partial charge in [0.15, 0.2) is 5.17 Å². The van der Waals surface area contributed by atoms with Crippen molar-refractivity contribution in [2.45, 2.75) is 18.1 Å². The molecule has 2 heterocycles. The number of thioether (sulfide) groups is 1. The number of nitrogens with zero attached hydrogens (tertiary/aromatic N) is 2. The Balaban J connectivity index is 1.69. The number of rotatable bonds is 4. The largest absolute Gasteiger partial charge is 0.365 e. The van der Waals surface area contributed by atoms with Gasteiger partial charge in [-0.25, -0.2) is 14.4 Å².